The number of carbonyl (C=O) groups is 2. The van der Waals surface area contributed by atoms with Gasteiger partial charge in [-0.3, -0.25) is 9.59 Å². The molecule has 1 rings (SSSR count). The molecule has 0 unspecified atom stereocenters. The molecule has 0 aromatic rings. The molecule has 1 fully saturated rings. The number of carbonyl (C=O) groups excluding carboxylic acids is 2. The molecule has 0 aliphatic heterocycles. The van der Waals surface area contributed by atoms with Crippen LogP contribution in [0.25, 0.3) is 0 Å². The van der Waals surface area contributed by atoms with Gasteiger partial charge in [0.05, 0.1) is 0 Å². The standard InChI is InChI=1S/C13H22N2O2/c1-4-9-14-11(16)13(2,3)12(17)15-10-7-5-6-8-10/h4,10H,1,5-9H2,2-3H3,(H,14,16)(H,15,17). The van der Waals surface area contributed by atoms with Crippen LogP contribution < -0.4 is 10.6 Å². The van der Waals surface area contributed by atoms with Crippen LogP contribution in [0, 0.1) is 5.41 Å². The van der Waals surface area contributed by atoms with E-state index < -0.39 is 5.41 Å². The molecule has 4 nitrogen and oxygen atoms in total. The van der Waals surface area contributed by atoms with Crippen molar-refractivity contribution >= 4 is 11.8 Å². The summed E-state index contributed by atoms with van der Waals surface area (Å²) in [5.74, 6) is -0.446. The van der Waals surface area contributed by atoms with Crippen molar-refractivity contribution in [2.24, 2.45) is 5.41 Å². The highest BCUT2D eigenvalue weighted by molar-refractivity contribution is 6.04. The number of amides is 2. The molecule has 96 valence electrons. The Morgan fingerprint density at radius 3 is 2.41 bits per heavy atom. The summed E-state index contributed by atoms with van der Waals surface area (Å²) in [7, 11) is 0. The van der Waals surface area contributed by atoms with E-state index in [-0.39, 0.29) is 17.9 Å². The Hall–Kier alpha value is -1.32. The summed E-state index contributed by atoms with van der Waals surface area (Å²) in [4.78, 5) is 23.8. The number of rotatable bonds is 5. The monoisotopic (exact) mass is 238 g/mol. The zero-order valence-corrected chi connectivity index (χ0v) is 10.7. The van der Waals surface area contributed by atoms with E-state index in [4.69, 9.17) is 0 Å². The Kier molecular flexibility index (Phi) is 4.73. The minimum atomic E-state index is -1.02. The van der Waals surface area contributed by atoms with Crippen molar-refractivity contribution < 1.29 is 9.59 Å². The highest BCUT2D eigenvalue weighted by Crippen LogP contribution is 2.21. The van der Waals surface area contributed by atoms with E-state index in [2.05, 4.69) is 17.2 Å². The summed E-state index contributed by atoms with van der Waals surface area (Å²) in [6.45, 7) is 7.21. The second-order valence-corrected chi connectivity index (χ2v) is 5.08. The quantitative estimate of drug-likeness (QED) is 0.561. The van der Waals surface area contributed by atoms with Crippen LogP contribution in [0.5, 0.6) is 0 Å². The maximum absolute atomic E-state index is 12.0. The van der Waals surface area contributed by atoms with E-state index in [1.54, 1.807) is 19.9 Å². The third-order valence-electron chi connectivity index (χ3n) is 3.23. The molecule has 1 aliphatic carbocycles. The second-order valence-electron chi connectivity index (χ2n) is 5.08. The lowest BCUT2D eigenvalue weighted by Crippen LogP contribution is -2.50. The zero-order chi connectivity index (χ0) is 12.9. The van der Waals surface area contributed by atoms with Gasteiger partial charge < -0.3 is 10.6 Å². The molecule has 0 radical (unpaired) electrons. The van der Waals surface area contributed by atoms with Crippen molar-refractivity contribution in [3.63, 3.8) is 0 Å². The van der Waals surface area contributed by atoms with Crippen LogP contribution in [0.4, 0.5) is 0 Å². The number of hydrogen-bond donors (Lipinski definition) is 2. The topological polar surface area (TPSA) is 58.2 Å². The first kappa shape index (κ1) is 13.7. The van der Waals surface area contributed by atoms with Gasteiger partial charge in [0.1, 0.15) is 5.41 Å². The van der Waals surface area contributed by atoms with Crippen LogP contribution in [0.15, 0.2) is 12.7 Å². The maximum atomic E-state index is 12.0. The number of nitrogens with one attached hydrogen (secondary N) is 2. The van der Waals surface area contributed by atoms with E-state index >= 15 is 0 Å². The molecule has 1 saturated carbocycles. The third-order valence-corrected chi connectivity index (χ3v) is 3.23. The van der Waals surface area contributed by atoms with Crippen LogP contribution in [0.1, 0.15) is 39.5 Å². The van der Waals surface area contributed by atoms with E-state index in [9.17, 15) is 9.59 Å². The molecular weight excluding hydrogens is 216 g/mol. The maximum Gasteiger partial charge on any atom is 0.235 e. The molecule has 2 N–H and O–H groups in total. The highest BCUT2D eigenvalue weighted by atomic mass is 16.2. The lowest BCUT2D eigenvalue weighted by Gasteiger charge is -2.24. The fourth-order valence-electron chi connectivity index (χ4n) is 1.92. The largest absolute Gasteiger partial charge is 0.352 e. The van der Waals surface area contributed by atoms with Gasteiger partial charge >= 0.3 is 0 Å². The van der Waals surface area contributed by atoms with Crippen LogP contribution >= 0.6 is 0 Å². The van der Waals surface area contributed by atoms with Crippen molar-refractivity contribution in [3.8, 4) is 0 Å². The fourth-order valence-corrected chi connectivity index (χ4v) is 1.92. The first-order chi connectivity index (χ1) is 7.98. The van der Waals surface area contributed by atoms with Gasteiger partial charge in [-0.05, 0) is 26.7 Å². The van der Waals surface area contributed by atoms with E-state index in [0.717, 1.165) is 25.7 Å². The summed E-state index contributed by atoms with van der Waals surface area (Å²) in [6, 6.07) is 0.244. The summed E-state index contributed by atoms with van der Waals surface area (Å²) < 4.78 is 0. The Morgan fingerprint density at radius 1 is 1.29 bits per heavy atom. The van der Waals surface area contributed by atoms with E-state index in [0.29, 0.717) is 6.54 Å². The minimum Gasteiger partial charge on any atom is -0.352 e. The summed E-state index contributed by atoms with van der Waals surface area (Å²) in [5, 5.41) is 5.61. The Bertz CT molecular complexity index is 305. The smallest absolute Gasteiger partial charge is 0.235 e. The van der Waals surface area contributed by atoms with Gasteiger partial charge in [0, 0.05) is 12.6 Å². The average molecular weight is 238 g/mol. The molecule has 0 bridgehead atoms. The average Bonchev–Trinajstić information content (AvgIpc) is 2.78. The summed E-state index contributed by atoms with van der Waals surface area (Å²) in [5.41, 5.74) is -1.02. The Balaban J connectivity index is 2.51. The van der Waals surface area contributed by atoms with Crippen LogP contribution in [-0.2, 0) is 9.59 Å². The molecule has 0 saturated heterocycles. The van der Waals surface area contributed by atoms with Gasteiger partial charge in [-0.2, -0.15) is 0 Å². The van der Waals surface area contributed by atoms with Gasteiger partial charge in [0.25, 0.3) is 0 Å². The highest BCUT2D eigenvalue weighted by Gasteiger charge is 2.36. The molecule has 2 amide bonds. The zero-order valence-electron chi connectivity index (χ0n) is 10.7. The third kappa shape index (κ3) is 3.58. The lowest BCUT2D eigenvalue weighted by atomic mass is 9.90. The van der Waals surface area contributed by atoms with Crippen molar-refractivity contribution in [2.45, 2.75) is 45.6 Å². The van der Waals surface area contributed by atoms with Gasteiger partial charge in [-0.25, -0.2) is 0 Å². The van der Waals surface area contributed by atoms with E-state index in [1.807, 2.05) is 0 Å². The molecule has 17 heavy (non-hydrogen) atoms. The van der Waals surface area contributed by atoms with Crippen LogP contribution in [-0.4, -0.2) is 24.4 Å². The molecule has 0 atom stereocenters. The summed E-state index contributed by atoms with van der Waals surface area (Å²) in [6.07, 6.45) is 5.97. The fraction of sp³-hybridized carbons (Fsp3) is 0.692. The van der Waals surface area contributed by atoms with Gasteiger partial charge in [0.15, 0.2) is 0 Å². The molecular formula is C13H22N2O2. The molecule has 0 heterocycles. The molecule has 1 aliphatic rings. The second kappa shape index (κ2) is 5.84. The predicted octanol–water partition coefficient (Wildman–Crippen LogP) is 1.37. The Morgan fingerprint density at radius 2 is 1.88 bits per heavy atom. The van der Waals surface area contributed by atoms with Gasteiger partial charge in [-0.1, -0.05) is 18.9 Å². The molecule has 4 heteroatoms. The minimum absolute atomic E-state index is 0.189. The molecule has 0 aromatic heterocycles. The van der Waals surface area contributed by atoms with Crippen molar-refractivity contribution in [1.29, 1.82) is 0 Å². The SMILES string of the molecule is C=CCNC(=O)C(C)(C)C(=O)NC1CCCC1. The molecule has 0 aromatic carbocycles. The first-order valence-electron chi connectivity index (χ1n) is 6.18. The van der Waals surface area contributed by atoms with Crippen LogP contribution in [0.3, 0.4) is 0 Å². The van der Waals surface area contributed by atoms with Gasteiger partial charge in [-0.15, -0.1) is 6.58 Å². The van der Waals surface area contributed by atoms with Crippen molar-refractivity contribution in [1.82, 2.24) is 10.6 Å². The molecule has 0 spiro atoms. The van der Waals surface area contributed by atoms with Gasteiger partial charge in [0.2, 0.25) is 11.8 Å². The lowest BCUT2D eigenvalue weighted by molar-refractivity contribution is -0.141. The number of hydrogen-bond acceptors (Lipinski definition) is 2. The van der Waals surface area contributed by atoms with Crippen LogP contribution in [0.2, 0.25) is 0 Å². The van der Waals surface area contributed by atoms with Crippen molar-refractivity contribution in [2.75, 3.05) is 6.54 Å². The Labute approximate surface area is 103 Å². The first-order valence-corrected chi connectivity index (χ1v) is 6.18. The predicted molar refractivity (Wildman–Crippen MR) is 67.4 cm³/mol. The summed E-state index contributed by atoms with van der Waals surface area (Å²) >= 11 is 0. The van der Waals surface area contributed by atoms with Crippen molar-refractivity contribution in [3.05, 3.63) is 12.7 Å². The normalized spacial score (nSPS) is 16.6. The van der Waals surface area contributed by atoms with E-state index in [1.165, 1.54) is 0 Å².